The Morgan fingerprint density at radius 1 is 1.20 bits per heavy atom. The second-order valence-corrected chi connectivity index (χ2v) is 4.87. The Balaban J connectivity index is 2.34. The molecule has 0 fully saturated rings. The van der Waals surface area contributed by atoms with Gasteiger partial charge in [-0.05, 0) is 36.6 Å². The smallest absolute Gasteiger partial charge is 0.315 e. The summed E-state index contributed by atoms with van der Waals surface area (Å²) >= 11 is 0. The molecule has 1 atom stereocenters. The van der Waals surface area contributed by atoms with E-state index in [4.69, 9.17) is 9.47 Å². The Hall–Kier alpha value is -1.81. The van der Waals surface area contributed by atoms with Crippen molar-refractivity contribution in [1.82, 2.24) is 0 Å². The molecule has 1 rings (SSSR count). The molecule has 0 radical (unpaired) electrons. The van der Waals surface area contributed by atoms with Gasteiger partial charge in [-0.1, -0.05) is 26.0 Å². The first-order valence-corrected chi connectivity index (χ1v) is 6.70. The van der Waals surface area contributed by atoms with E-state index in [0.29, 0.717) is 17.9 Å². The topological polar surface area (TPSA) is 55.8 Å². The van der Waals surface area contributed by atoms with Crippen LogP contribution in [-0.2, 0) is 4.79 Å². The van der Waals surface area contributed by atoms with Crippen molar-refractivity contribution < 1.29 is 19.4 Å². The second kappa shape index (κ2) is 8.38. The van der Waals surface area contributed by atoms with Crippen LogP contribution in [-0.4, -0.2) is 24.3 Å². The summed E-state index contributed by atoms with van der Waals surface area (Å²) in [5.41, 5.74) is 0. The maximum Gasteiger partial charge on any atom is 0.315 e. The highest BCUT2D eigenvalue weighted by Crippen LogP contribution is 2.17. The van der Waals surface area contributed by atoms with Gasteiger partial charge in [0.25, 0.3) is 0 Å². The summed E-state index contributed by atoms with van der Waals surface area (Å²) in [6, 6.07) is 6.83. The van der Waals surface area contributed by atoms with E-state index in [1.165, 1.54) is 0 Å². The molecule has 0 saturated carbocycles. The Labute approximate surface area is 120 Å². The normalized spacial score (nSPS) is 12.7. The monoisotopic (exact) mass is 278 g/mol. The number of benzene rings is 1. The lowest BCUT2D eigenvalue weighted by Gasteiger charge is -2.10. The molecule has 0 unspecified atom stereocenters. The van der Waals surface area contributed by atoms with E-state index in [1.54, 1.807) is 43.5 Å². The van der Waals surface area contributed by atoms with Crippen LogP contribution in [0.25, 0.3) is 0 Å². The first-order chi connectivity index (χ1) is 9.52. The van der Waals surface area contributed by atoms with Crippen molar-refractivity contribution in [2.75, 3.05) is 7.11 Å². The molecule has 4 nitrogen and oxygen atoms in total. The number of rotatable bonds is 7. The van der Waals surface area contributed by atoms with E-state index in [2.05, 4.69) is 0 Å². The summed E-state index contributed by atoms with van der Waals surface area (Å²) in [5.74, 6) is 1.09. The maximum atomic E-state index is 11.6. The molecule has 0 aromatic heterocycles. The number of methoxy groups -OCH3 is 1. The third kappa shape index (κ3) is 5.89. The van der Waals surface area contributed by atoms with Crippen molar-refractivity contribution in [2.45, 2.75) is 32.8 Å². The molecule has 20 heavy (non-hydrogen) atoms. The minimum atomic E-state index is -0.371. The van der Waals surface area contributed by atoms with Gasteiger partial charge in [0.1, 0.15) is 11.5 Å². The molecule has 4 heteroatoms. The van der Waals surface area contributed by atoms with E-state index in [-0.39, 0.29) is 24.4 Å². The lowest BCUT2D eigenvalue weighted by molar-refractivity contribution is -0.133. The Bertz CT molecular complexity index is 434. The maximum absolute atomic E-state index is 11.6. The van der Waals surface area contributed by atoms with Crippen LogP contribution in [0.15, 0.2) is 36.4 Å². The molecular weight excluding hydrogens is 256 g/mol. The van der Waals surface area contributed by atoms with Gasteiger partial charge in [-0.25, -0.2) is 0 Å². The minimum Gasteiger partial charge on any atom is -0.497 e. The molecule has 0 spiro atoms. The van der Waals surface area contributed by atoms with E-state index in [0.717, 1.165) is 0 Å². The Kier molecular flexibility index (Phi) is 6.81. The molecule has 0 saturated heterocycles. The standard InChI is InChI=1S/C16H22O4/c1-12(2)15(17)6-4-5-7-16(18)20-14-10-8-13(19-3)9-11-14/h4-5,8-12,15,17H,6-7H2,1-3H3/b5-4+/t15-/m1/s1. The number of aliphatic hydroxyl groups is 1. The zero-order chi connectivity index (χ0) is 15.0. The van der Waals surface area contributed by atoms with E-state index >= 15 is 0 Å². The Morgan fingerprint density at radius 3 is 2.35 bits per heavy atom. The van der Waals surface area contributed by atoms with Crippen LogP contribution in [0.4, 0.5) is 0 Å². The molecule has 0 bridgehead atoms. The molecule has 0 aliphatic carbocycles. The van der Waals surface area contributed by atoms with Crippen LogP contribution < -0.4 is 9.47 Å². The van der Waals surface area contributed by atoms with Crippen molar-refractivity contribution in [3.05, 3.63) is 36.4 Å². The summed E-state index contributed by atoms with van der Waals surface area (Å²) in [6.45, 7) is 3.91. The lowest BCUT2D eigenvalue weighted by Crippen LogP contribution is -2.13. The molecular formula is C16H22O4. The van der Waals surface area contributed by atoms with Crippen molar-refractivity contribution in [1.29, 1.82) is 0 Å². The predicted molar refractivity (Wildman–Crippen MR) is 77.8 cm³/mol. The SMILES string of the molecule is COc1ccc(OC(=O)C/C=C/C[C@@H](O)C(C)C)cc1. The number of aliphatic hydroxyl groups excluding tert-OH is 1. The zero-order valence-corrected chi connectivity index (χ0v) is 12.2. The number of hydrogen-bond donors (Lipinski definition) is 1. The average Bonchev–Trinajstić information content (AvgIpc) is 2.44. The summed E-state index contributed by atoms with van der Waals surface area (Å²) < 4.78 is 10.2. The number of carbonyl (C=O) groups is 1. The van der Waals surface area contributed by atoms with E-state index in [9.17, 15) is 9.90 Å². The summed E-state index contributed by atoms with van der Waals surface area (Å²) in [5, 5.41) is 9.60. The van der Waals surface area contributed by atoms with Crippen LogP contribution in [0.2, 0.25) is 0 Å². The molecule has 0 heterocycles. The van der Waals surface area contributed by atoms with Crippen LogP contribution >= 0.6 is 0 Å². The van der Waals surface area contributed by atoms with Crippen LogP contribution in [0, 0.1) is 5.92 Å². The highest BCUT2D eigenvalue weighted by molar-refractivity contribution is 5.73. The van der Waals surface area contributed by atoms with Gasteiger partial charge in [-0.2, -0.15) is 0 Å². The largest absolute Gasteiger partial charge is 0.497 e. The molecule has 1 aromatic carbocycles. The fourth-order valence-corrected chi connectivity index (χ4v) is 1.50. The van der Waals surface area contributed by atoms with Gasteiger partial charge in [0, 0.05) is 0 Å². The fraction of sp³-hybridized carbons (Fsp3) is 0.438. The third-order valence-electron chi connectivity index (χ3n) is 2.89. The van der Waals surface area contributed by atoms with Crippen molar-refractivity contribution >= 4 is 5.97 Å². The van der Waals surface area contributed by atoms with Gasteiger partial charge in [0.2, 0.25) is 0 Å². The van der Waals surface area contributed by atoms with Gasteiger partial charge >= 0.3 is 5.97 Å². The first kappa shape index (κ1) is 16.2. The number of hydrogen-bond acceptors (Lipinski definition) is 4. The number of carbonyl (C=O) groups excluding carboxylic acids is 1. The fourth-order valence-electron chi connectivity index (χ4n) is 1.50. The van der Waals surface area contributed by atoms with Gasteiger partial charge in [-0.3, -0.25) is 4.79 Å². The van der Waals surface area contributed by atoms with Crippen LogP contribution in [0.3, 0.4) is 0 Å². The van der Waals surface area contributed by atoms with Crippen molar-refractivity contribution in [3.63, 3.8) is 0 Å². The van der Waals surface area contributed by atoms with Crippen molar-refractivity contribution in [2.24, 2.45) is 5.92 Å². The van der Waals surface area contributed by atoms with E-state index in [1.807, 2.05) is 13.8 Å². The minimum absolute atomic E-state index is 0.191. The molecule has 0 aliphatic heterocycles. The second-order valence-electron chi connectivity index (χ2n) is 4.87. The lowest BCUT2D eigenvalue weighted by atomic mass is 10.0. The third-order valence-corrected chi connectivity index (χ3v) is 2.89. The molecule has 0 aliphatic rings. The average molecular weight is 278 g/mol. The van der Waals surface area contributed by atoms with E-state index < -0.39 is 0 Å². The van der Waals surface area contributed by atoms with Crippen molar-refractivity contribution in [3.8, 4) is 11.5 Å². The van der Waals surface area contributed by atoms with Crippen LogP contribution in [0.1, 0.15) is 26.7 Å². The van der Waals surface area contributed by atoms with Gasteiger partial charge < -0.3 is 14.6 Å². The number of esters is 1. The highest BCUT2D eigenvalue weighted by atomic mass is 16.5. The van der Waals surface area contributed by atoms with Gasteiger partial charge in [0.05, 0.1) is 19.6 Å². The van der Waals surface area contributed by atoms with Gasteiger partial charge in [-0.15, -0.1) is 0 Å². The summed E-state index contributed by atoms with van der Waals surface area (Å²) in [4.78, 5) is 11.6. The zero-order valence-electron chi connectivity index (χ0n) is 12.2. The Morgan fingerprint density at radius 2 is 1.80 bits per heavy atom. The number of ether oxygens (including phenoxy) is 2. The predicted octanol–water partition coefficient (Wildman–Crippen LogP) is 2.95. The highest BCUT2D eigenvalue weighted by Gasteiger charge is 2.06. The van der Waals surface area contributed by atoms with Gasteiger partial charge in [0.15, 0.2) is 0 Å². The molecule has 0 amide bonds. The van der Waals surface area contributed by atoms with Crippen LogP contribution in [0.5, 0.6) is 11.5 Å². The summed E-state index contributed by atoms with van der Waals surface area (Å²) in [6.07, 6.45) is 3.89. The molecule has 1 N–H and O–H groups in total. The quantitative estimate of drug-likeness (QED) is 0.473. The first-order valence-electron chi connectivity index (χ1n) is 6.70. The molecule has 110 valence electrons. The summed E-state index contributed by atoms with van der Waals surface area (Å²) in [7, 11) is 1.58. The molecule has 1 aromatic rings.